The maximum absolute atomic E-state index is 11.4. The van der Waals surface area contributed by atoms with Crippen molar-refractivity contribution in [3.8, 4) is 0 Å². The van der Waals surface area contributed by atoms with Gasteiger partial charge in [0.25, 0.3) is 11.8 Å². The number of imide groups is 4. The fraction of sp³-hybridized carbons (Fsp3) is 0.0769. The fourth-order valence-electron chi connectivity index (χ4n) is 1.72. The minimum Gasteiger partial charge on any atom is -0.277 e. The standard InChI is InChI=1S/C13H10N4O6/c18-8-6(9(19)15-12(22)14-8)4-2-1-3-5-7-10(20)16-13(23)17-11(7)21/h1-6H,(H2,14,15,18,19,22)(H2,16,17,20,21,23)/b3-1-,4-2-. The summed E-state index contributed by atoms with van der Waals surface area (Å²) in [6, 6.07) is -1.78. The maximum atomic E-state index is 11.4. The van der Waals surface area contributed by atoms with Gasteiger partial charge in [-0.1, -0.05) is 24.3 Å². The zero-order chi connectivity index (χ0) is 17.0. The monoisotopic (exact) mass is 318 g/mol. The summed E-state index contributed by atoms with van der Waals surface area (Å²) in [6.07, 6.45) is 6.40. The molecule has 2 fully saturated rings. The zero-order valence-electron chi connectivity index (χ0n) is 11.4. The molecule has 0 bridgehead atoms. The van der Waals surface area contributed by atoms with Gasteiger partial charge in [-0.2, -0.15) is 0 Å². The molecule has 2 aliphatic heterocycles. The Hall–Kier alpha value is -3.56. The van der Waals surface area contributed by atoms with Gasteiger partial charge in [0.2, 0.25) is 11.8 Å². The van der Waals surface area contributed by atoms with Gasteiger partial charge in [0.05, 0.1) is 0 Å². The number of nitrogens with one attached hydrogen (secondary N) is 4. The molecule has 10 heteroatoms. The summed E-state index contributed by atoms with van der Waals surface area (Å²) in [5.74, 6) is -4.35. The van der Waals surface area contributed by atoms with Crippen LogP contribution in [0, 0.1) is 5.92 Å². The van der Waals surface area contributed by atoms with Crippen LogP contribution in [0.4, 0.5) is 9.59 Å². The fourth-order valence-corrected chi connectivity index (χ4v) is 1.72. The Morgan fingerprint density at radius 1 is 0.652 bits per heavy atom. The summed E-state index contributed by atoms with van der Waals surface area (Å²) in [5, 5.41) is 7.67. The van der Waals surface area contributed by atoms with Crippen molar-refractivity contribution >= 4 is 35.7 Å². The van der Waals surface area contributed by atoms with Crippen LogP contribution >= 0.6 is 0 Å². The van der Waals surface area contributed by atoms with Crippen molar-refractivity contribution in [3.05, 3.63) is 36.0 Å². The van der Waals surface area contributed by atoms with E-state index < -0.39 is 41.6 Å². The van der Waals surface area contributed by atoms with Gasteiger partial charge in [-0.25, -0.2) is 9.59 Å². The lowest BCUT2D eigenvalue weighted by Crippen LogP contribution is -2.55. The molecular formula is C13H10N4O6. The van der Waals surface area contributed by atoms with Crippen molar-refractivity contribution in [2.45, 2.75) is 0 Å². The number of carbonyl (C=O) groups is 6. The van der Waals surface area contributed by atoms with Crippen molar-refractivity contribution in [2.24, 2.45) is 5.92 Å². The first-order chi connectivity index (χ1) is 10.9. The molecule has 0 radical (unpaired) electrons. The summed E-state index contributed by atoms with van der Waals surface area (Å²) < 4.78 is 0. The van der Waals surface area contributed by atoms with Crippen molar-refractivity contribution in [2.75, 3.05) is 0 Å². The van der Waals surface area contributed by atoms with Gasteiger partial charge < -0.3 is 0 Å². The number of carbonyl (C=O) groups excluding carboxylic acids is 6. The third-order valence-corrected chi connectivity index (χ3v) is 2.77. The number of barbiturate groups is 2. The van der Waals surface area contributed by atoms with Crippen LogP contribution in [-0.2, 0) is 19.2 Å². The van der Waals surface area contributed by atoms with E-state index in [9.17, 15) is 28.8 Å². The highest BCUT2D eigenvalue weighted by Gasteiger charge is 2.31. The largest absolute Gasteiger partial charge is 0.328 e. The van der Waals surface area contributed by atoms with Crippen LogP contribution in [0.5, 0.6) is 0 Å². The van der Waals surface area contributed by atoms with Crippen LogP contribution in [0.3, 0.4) is 0 Å². The SMILES string of the molecule is O=C1NC(=O)C(=C/C=C\C=C/C2C(=O)NC(=O)NC2=O)C(=O)N1. The molecule has 2 saturated heterocycles. The predicted molar refractivity (Wildman–Crippen MR) is 73.2 cm³/mol. The van der Waals surface area contributed by atoms with Gasteiger partial charge in [0.15, 0.2) is 0 Å². The number of allylic oxidation sites excluding steroid dienone is 4. The maximum Gasteiger partial charge on any atom is 0.328 e. The summed E-state index contributed by atoms with van der Waals surface area (Å²) in [4.78, 5) is 67.3. The van der Waals surface area contributed by atoms with Crippen LogP contribution in [0.1, 0.15) is 0 Å². The quantitative estimate of drug-likeness (QED) is 0.212. The molecule has 0 aromatic carbocycles. The first-order valence-corrected chi connectivity index (χ1v) is 6.26. The number of amides is 8. The van der Waals surface area contributed by atoms with Crippen molar-refractivity contribution in [1.82, 2.24) is 21.3 Å². The van der Waals surface area contributed by atoms with E-state index in [0.717, 1.165) is 6.08 Å². The molecule has 2 aliphatic rings. The van der Waals surface area contributed by atoms with E-state index in [1.807, 2.05) is 21.3 Å². The molecule has 10 nitrogen and oxygen atoms in total. The average molecular weight is 318 g/mol. The average Bonchev–Trinajstić information content (AvgIpc) is 2.42. The highest BCUT2D eigenvalue weighted by molar-refractivity contribution is 6.29. The van der Waals surface area contributed by atoms with E-state index in [1.165, 1.54) is 24.3 Å². The topological polar surface area (TPSA) is 151 Å². The summed E-state index contributed by atoms with van der Waals surface area (Å²) in [5.41, 5.74) is -0.270. The van der Waals surface area contributed by atoms with E-state index in [-0.39, 0.29) is 5.57 Å². The second kappa shape index (κ2) is 6.47. The van der Waals surface area contributed by atoms with Gasteiger partial charge in [-0.3, -0.25) is 40.4 Å². The Morgan fingerprint density at radius 2 is 1.17 bits per heavy atom. The Morgan fingerprint density at radius 3 is 1.74 bits per heavy atom. The number of hydrogen-bond donors (Lipinski definition) is 4. The van der Waals surface area contributed by atoms with Gasteiger partial charge in [-0.05, 0) is 6.08 Å². The van der Waals surface area contributed by atoms with Crippen molar-refractivity contribution in [3.63, 3.8) is 0 Å². The molecule has 0 spiro atoms. The Labute approximate surface area is 128 Å². The molecule has 0 atom stereocenters. The van der Waals surface area contributed by atoms with Gasteiger partial charge >= 0.3 is 12.1 Å². The number of hydrogen-bond acceptors (Lipinski definition) is 6. The first kappa shape index (κ1) is 15.8. The normalized spacial score (nSPS) is 19.7. The van der Waals surface area contributed by atoms with E-state index in [4.69, 9.17) is 0 Å². The highest BCUT2D eigenvalue weighted by atomic mass is 16.2. The lowest BCUT2D eigenvalue weighted by molar-refractivity contribution is -0.134. The molecule has 4 N–H and O–H groups in total. The molecule has 0 aromatic rings. The van der Waals surface area contributed by atoms with Crippen LogP contribution in [-0.4, -0.2) is 35.7 Å². The summed E-state index contributed by atoms with van der Waals surface area (Å²) in [7, 11) is 0. The van der Waals surface area contributed by atoms with Crippen LogP contribution in [0.2, 0.25) is 0 Å². The smallest absolute Gasteiger partial charge is 0.277 e. The molecule has 2 heterocycles. The molecule has 23 heavy (non-hydrogen) atoms. The Kier molecular flexibility index (Phi) is 4.45. The van der Waals surface area contributed by atoms with Crippen molar-refractivity contribution < 1.29 is 28.8 Å². The molecule has 2 rings (SSSR count). The third kappa shape index (κ3) is 3.75. The van der Waals surface area contributed by atoms with E-state index in [1.54, 1.807) is 0 Å². The lowest BCUT2D eigenvalue weighted by Gasteiger charge is -2.17. The predicted octanol–water partition coefficient (Wildman–Crippen LogP) is -1.63. The van der Waals surface area contributed by atoms with Crippen LogP contribution < -0.4 is 21.3 Å². The highest BCUT2D eigenvalue weighted by Crippen LogP contribution is 2.05. The molecule has 0 aromatic heterocycles. The van der Waals surface area contributed by atoms with E-state index >= 15 is 0 Å². The number of urea groups is 2. The molecule has 118 valence electrons. The lowest BCUT2D eigenvalue weighted by atomic mass is 10.1. The summed E-state index contributed by atoms with van der Waals surface area (Å²) in [6.45, 7) is 0. The second-order valence-corrected chi connectivity index (χ2v) is 4.37. The van der Waals surface area contributed by atoms with Crippen LogP contribution in [0.15, 0.2) is 36.0 Å². The van der Waals surface area contributed by atoms with E-state index in [2.05, 4.69) is 0 Å². The van der Waals surface area contributed by atoms with Gasteiger partial charge in [-0.15, -0.1) is 0 Å². The first-order valence-electron chi connectivity index (χ1n) is 6.26. The van der Waals surface area contributed by atoms with Gasteiger partial charge in [0.1, 0.15) is 11.5 Å². The molecule has 0 saturated carbocycles. The number of rotatable bonds is 3. The molecule has 0 aliphatic carbocycles. The summed E-state index contributed by atoms with van der Waals surface area (Å²) >= 11 is 0. The Balaban J connectivity index is 2.00. The molecular weight excluding hydrogens is 308 g/mol. The van der Waals surface area contributed by atoms with Crippen LogP contribution in [0.25, 0.3) is 0 Å². The Bertz CT molecular complexity index is 676. The second-order valence-electron chi connectivity index (χ2n) is 4.37. The molecule has 8 amide bonds. The molecule has 0 unspecified atom stereocenters. The van der Waals surface area contributed by atoms with Gasteiger partial charge in [0, 0.05) is 0 Å². The third-order valence-electron chi connectivity index (χ3n) is 2.77. The zero-order valence-corrected chi connectivity index (χ0v) is 11.4. The minimum atomic E-state index is -1.16. The minimum absolute atomic E-state index is 0.270. The van der Waals surface area contributed by atoms with E-state index in [0.29, 0.717) is 0 Å². The van der Waals surface area contributed by atoms with Crippen molar-refractivity contribution in [1.29, 1.82) is 0 Å².